The monoisotopic (exact) mass is 396 g/mol. The van der Waals surface area contributed by atoms with Gasteiger partial charge in [-0.1, -0.05) is 60.7 Å². The highest BCUT2D eigenvalue weighted by Crippen LogP contribution is 2.29. The zero-order valence-electron chi connectivity index (χ0n) is 16.7. The Labute approximate surface area is 171 Å². The number of nitrogens with zero attached hydrogens (tertiary/aromatic N) is 2. The maximum atomic E-state index is 13.1. The van der Waals surface area contributed by atoms with E-state index in [0.29, 0.717) is 32.7 Å². The highest BCUT2D eigenvalue weighted by molar-refractivity contribution is 5.78. The first-order valence-corrected chi connectivity index (χ1v) is 9.92. The molecule has 2 aromatic rings. The summed E-state index contributed by atoms with van der Waals surface area (Å²) in [5.74, 6) is -0.775. The van der Waals surface area contributed by atoms with Crippen LogP contribution < -0.4 is 0 Å². The average Bonchev–Trinajstić information content (AvgIpc) is 2.72. The molecule has 29 heavy (non-hydrogen) atoms. The molecule has 1 unspecified atom stereocenters. The normalized spacial score (nSPS) is 16.9. The van der Waals surface area contributed by atoms with E-state index in [9.17, 15) is 9.59 Å². The molecule has 1 aliphatic heterocycles. The van der Waals surface area contributed by atoms with Crippen molar-refractivity contribution >= 4 is 11.9 Å². The fourth-order valence-electron chi connectivity index (χ4n) is 3.80. The molecule has 6 nitrogen and oxygen atoms in total. The van der Waals surface area contributed by atoms with Crippen LogP contribution in [-0.4, -0.2) is 72.7 Å². The first kappa shape index (κ1) is 21.0. The predicted octanol–water partition coefficient (Wildman–Crippen LogP) is 2.45. The number of morpholine rings is 1. The van der Waals surface area contributed by atoms with Crippen molar-refractivity contribution in [3.63, 3.8) is 0 Å². The van der Waals surface area contributed by atoms with Gasteiger partial charge < -0.3 is 14.7 Å². The molecule has 3 rings (SSSR count). The van der Waals surface area contributed by atoms with Crippen LogP contribution in [0.5, 0.6) is 0 Å². The van der Waals surface area contributed by atoms with E-state index < -0.39 is 5.97 Å². The second kappa shape index (κ2) is 10.2. The van der Waals surface area contributed by atoms with Crippen LogP contribution in [0.25, 0.3) is 0 Å². The minimum atomic E-state index is -0.871. The molecule has 2 aromatic carbocycles. The van der Waals surface area contributed by atoms with Gasteiger partial charge in [0.05, 0.1) is 19.3 Å². The summed E-state index contributed by atoms with van der Waals surface area (Å²) < 4.78 is 5.76. The molecule has 6 heteroatoms. The molecule has 0 radical (unpaired) electrons. The topological polar surface area (TPSA) is 70.1 Å². The van der Waals surface area contributed by atoms with Crippen LogP contribution in [0, 0.1) is 0 Å². The summed E-state index contributed by atoms with van der Waals surface area (Å²) in [5.41, 5.74) is 2.25. The Morgan fingerprint density at radius 2 is 1.69 bits per heavy atom. The predicted molar refractivity (Wildman–Crippen MR) is 111 cm³/mol. The minimum absolute atomic E-state index is 0.000814. The van der Waals surface area contributed by atoms with E-state index >= 15 is 0 Å². The van der Waals surface area contributed by atoms with Gasteiger partial charge in [-0.15, -0.1) is 0 Å². The molecule has 1 amide bonds. The number of aliphatic carboxylic acids is 1. The Hall–Kier alpha value is -2.70. The van der Waals surface area contributed by atoms with E-state index in [1.54, 1.807) is 11.9 Å². The van der Waals surface area contributed by atoms with E-state index in [1.807, 2.05) is 41.3 Å². The van der Waals surface area contributed by atoms with E-state index in [-0.39, 0.29) is 24.5 Å². The fourth-order valence-corrected chi connectivity index (χ4v) is 3.80. The number of benzene rings is 2. The molecule has 0 bridgehead atoms. The van der Waals surface area contributed by atoms with Crippen molar-refractivity contribution in [2.75, 3.05) is 39.8 Å². The van der Waals surface area contributed by atoms with Crippen LogP contribution in [0.15, 0.2) is 60.7 Å². The van der Waals surface area contributed by atoms with Crippen molar-refractivity contribution in [2.24, 2.45) is 0 Å². The Balaban J connectivity index is 1.67. The first-order valence-electron chi connectivity index (χ1n) is 9.92. The van der Waals surface area contributed by atoms with Crippen molar-refractivity contribution < 1.29 is 19.4 Å². The van der Waals surface area contributed by atoms with Crippen LogP contribution in [0.1, 0.15) is 23.5 Å². The Morgan fingerprint density at radius 1 is 1.10 bits per heavy atom. The summed E-state index contributed by atoms with van der Waals surface area (Å²) in [6.45, 7) is 1.96. The largest absolute Gasteiger partial charge is 0.480 e. The molecular weight excluding hydrogens is 368 g/mol. The number of carboxylic acids is 1. The van der Waals surface area contributed by atoms with Gasteiger partial charge >= 0.3 is 5.97 Å². The lowest BCUT2D eigenvalue weighted by molar-refractivity contribution is -0.142. The Bertz CT molecular complexity index is 758. The zero-order valence-corrected chi connectivity index (χ0v) is 16.7. The second-order valence-corrected chi connectivity index (χ2v) is 7.50. The molecule has 1 fully saturated rings. The molecule has 0 aromatic heterocycles. The van der Waals surface area contributed by atoms with Crippen molar-refractivity contribution in [3.8, 4) is 0 Å². The van der Waals surface area contributed by atoms with E-state index in [0.717, 1.165) is 11.1 Å². The van der Waals surface area contributed by atoms with Gasteiger partial charge in [-0.3, -0.25) is 14.5 Å². The molecule has 1 heterocycles. The third-order valence-electron chi connectivity index (χ3n) is 5.19. The van der Waals surface area contributed by atoms with Gasteiger partial charge in [-0.05, 0) is 18.2 Å². The van der Waals surface area contributed by atoms with Crippen molar-refractivity contribution in [1.29, 1.82) is 0 Å². The molecule has 154 valence electrons. The second-order valence-electron chi connectivity index (χ2n) is 7.50. The van der Waals surface area contributed by atoms with E-state index in [2.05, 4.69) is 24.3 Å². The quantitative estimate of drug-likeness (QED) is 0.742. The van der Waals surface area contributed by atoms with Crippen LogP contribution in [0.4, 0.5) is 0 Å². The summed E-state index contributed by atoms with van der Waals surface area (Å²) >= 11 is 0. The zero-order chi connectivity index (χ0) is 20.6. The third-order valence-corrected chi connectivity index (χ3v) is 5.19. The van der Waals surface area contributed by atoms with Gasteiger partial charge in [0, 0.05) is 32.0 Å². The summed E-state index contributed by atoms with van der Waals surface area (Å²) in [4.78, 5) is 27.5. The van der Waals surface area contributed by atoms with Crippen molar-refractivity contribution in [2.45, 2.75) is 18.4 Å². The summed E-state index contributed by atoms with van der Waals surface area (Å²) in [6.07, 6.45) is 0.218. The highest BCUT2D eigenvalue weighted by Gasteiger charge is 2.28. The molecule has 1 atom stereocenters. The molecule has 1 saturated heterocycles. The van der Waals surface area contributed by atoms with E-state index in [4.69, 9.17) is 9.84 Å². The van der Waals surface area contributed by atoms with Gasteiger partial charge in [-0.25, -0.2) is 0 Å². The molecule has 0 aliphatic carbocycles. The Morgan fingerprint density at radius 3 is 2.24 bits per heavy atom. The number of ether oxygens (including phenoxy) is 1. The van der Waals surface area contributed by atoms with Crippen molar-refractivity contribution in [1.82, 2.24) is 9.80 Å². The smallest absolute Gasteiger partial charge is 0.317 e. The van der Waals surface area contributed by atoms with Crippen LogP contribution in [0.2, 0.25) is 0 Å². The maximum Gasteiger partial charge on any atom is 0.317 e. The lowest BCUT2D eigenvalue weighted by atomic mass is 9.88. The Kier molecular flexibility index (Phi) is 7.38. The number of carbonyl (C=O) groups is 2. The molecule has 1 aliphatic rings. The number of likely N-dealkylation sites (N-methyl/N-ethyl adjacent to an activating group) is 1. The number of carbonyl (C=O) groups excluding carboxylic acids is 1. The average molecular weight is 396 g/mol. The lowest BCUT2D eigenvalue weighted by Crippen LogP contribution is -2.49. The number of rotatable bonds is 8. The number of amides is 1. The van der Waals surface area contributed by atoms with E-state index in [1.165, 1.54) is 0 Å². The van der Waals surface area contributed by atoms with Gasteiger partial charge in [0.2, 0.25) is 5.91 Å². The van der Waals surface area contributed by atoms with Gasteiger partial charge in [-0.2, -0.15) is 0 Å². The molecule has 1 N–H and O–H groups in total. The number of carboxylic acid groups (broad SMARTS) is 1. The minimum Gasteiger partial charge on any atom is -0.480 e. The summed E-state index contributed by atoms with van der Waals surface area (Å²) in [6, 6.07) is 20.2. The molecular formula is C23H28N2O4. The fraction of sp³-hybridized carbons (Fsp3) is 0.391. The molecule has 0 saturated carbocycles. The van der Waals surface area contributed by atoms with Crippen LogP contribution in [0.3, 0.4) is 0 Å². The van der Waals surface area contributed by atoms with Gasteiger partial charge in [0.1, 0.15) is 0 Å². The van der Waals surface area contributed by atoms with Gasteiger partial charge in [0.15, 0.2) is 0 Å². The van der Waals surface area contributed by atoms with Gasteiger partial charge in [0.25, 0.3) is 0 Å². The first-order chi connectivity index (χ1) is 14.0. The highest BCUT2D eigenvalue weighted by atomic mass is 16.5. The van der Waals surface area contributed by atoms with Crippen LogP contribution in [-0.2, 0) is 14.3 Å². The summed E-state index contributed by atoms with van der Waals surface area (Å²) in [5, 5.41) is 8.92. The van der Waals surface area contributed by atoms with Crippen LogP contribution >= 0.6 is 0 Å². The SMILES string of the molecule is CN(CC(=O)O)CC1CN(C(=O)CC(c2ccccc2)c2ccccc2)CCO1. The summed E-state index contributed by atoms with van der Waals surface area (Å²) in [7, 11) is 1.75. The standard InChI is InChI=1S/C23H28N2O4/c1-24(17-23(27)28)15-20-16-25(12-13-29-20)22(26)14-21(18-8-4-2-5-9-18)19-10-6-3-7-11-19/h2-11,20-21H,12-17H2,1H3,(H,27,28). The number of hydrogen-bond acceptors (Lipinski definition) is 4. The lowest BCUT2D eigenvalue weighted by Gasteiger charge is -2.35. The van der Waals surface area contributed by atoms with Crippen molar-refractivity contribution in [3.05, 3.63) is 71.8 Å². The maximum absolute atomic E-state index is 13.1. The third kappa shape index (κ3) is 6.14. The molecule has 0 spiro atoms. The number of hydrogen-bond donors (Lipinski definition) is 1.